The molecule has 2 N–H and O–H groups in total. The smallest absolute Gasteiger partial charge is 0.140 e. The highest BCUT2D eigenvalue weighted by Crippen LogP contribution is 2.20. The fourth-order valence-electron chi connectivity index (χ4n) is 1.87. The summed E-state index contributed by atoms with van der Waals surface area (Å²) in [6.45, 7) is 3.24. The van der Waals surface area contributed by atoms with Crippen LogP contribution in [-0.2, 0) is 6.42 Å². The van der Waals surface area contributed by atoms with Gasteiger partial charge in [-0.2, -0.15) is 0 Å². The number of nitrogens with two attached hydrogens (primary N) is 1. The number of benzene rings is 1. The third kappa shape index (κ3) is 4.54. The van der Waals surface area contributed by atoms with Gasteiger partial charge in [-0.15, -0.1) is 11.8 Å². The van der Waals surface area contributed by atoms with E-state index in [1.807, 2.05) is 37.3 Å². The predicted octanol–water partition coefficient (Wildman–Crippen LogP) is 3.06. The number of hydrogen-bond donors (Lipinski definition) is 1. The van der Waals surface area contributed by atoms with Crippen LogP contribution in [0, 0.1) is 6.92 Å². The third-order valence-corrected chi connectivity index (χ3v) is 3.78. The summed E-state index contributed by atoms with van der Waals surface area (Å²) in [4.78, 5) is 5.75. The van der Waals surface area contributed by atoms with Crippen molar-refractivity contribution in [3.05, 3.63) is 53.9 Å². The lowest BCUT2D eigenvalue weighted by Gasteiger charge is -2.11. The molecular weight excluding hydrogens is 268 g/mol. The second kappa shape index (κ2) is 7.92. The number of hydrogen-bond acceptors (Lipinski definition) is 4. The molecule has 1 heterocycles. The van der Waals surface area contributed by atoms with Crippen molar-refractivity contribution in [1.29, 1.82) is 0 Å². The van der Waals surface area contributed by atoms with Crippen LogP contribution in [-0.4, -0.2) is 23.9 Å². The van der Waals surface area contributed by atoms with E-state index in [0.29, 0.717) is 13.2 Å². The van der Waals surface area contributed by atoms with Gasteiger partial charge in [0.1, 0.15) is 5.75 Å². The van der Waals surface area contributed by atoms with Crippen molar-refractivity contribution < 1.29 is 4.74 Å². The number of aryl methyl sites for hydroxylation is 1. The Morgan fingerprint density at radius 3 is 2.70 bits per heavy atom. The van der Waals surface area contributed by atoms with Crippen molar-refractivity contribution in [3.63, 3.8) is 0 Å². The Morgan fingerprint density at radius 2 is 1.95 bits per heavy atom. The summed E-state index contributed by atoms with van der Waals surface area (Å²) in [5.74, 6) is 1.77. The maximum atomic E-state index is 5.83. The van der Waals surface area contributed by atoms with Gasteiger partial charge >= 0.3 is 0 Å². The molecule has 20 heavy (non-hydrogen) atoms. The number of rotatable bonds is 7. The van der Waals surface area contributed by atoms with Crippen LogP contribution < -0.4 is 10.5 Å². The Kier molecular flexibility index (Phi) is 5.89. The lowest BCUT2D eigenvalue weighted by molar-refractivity contribution is 0.338. The van der Waals surface area contributed by atoms with E-state index in [0.717, 1.165) is 29.3 Å². The highest BCUT2D eigenvalue weighted by molar-refractivity contribution is 7.99. The normalized spacial score (nSPS) is 10.5. The van der Waals surface area contributed by atoms with Crippen LogP contribution in [0.2, 0.25) is 0 Å². The number of pyridine rings is 1. The Morgan fingerprint density at radius 1 is 1.15 bits per heavy atom. The van der Waals surface area contributed by atoms with Gasteiger partial charge in [0.2, 0.25) is 0 Å². The predicted molar refractivity (Wildman–Crippen MR) is 84.4 cm³/mol. The van der Waals surface area contributed by atoms with E-state index in [1.165, 1.54) is 4.90 Å². The second-order valence-electron chi connectivity index (χ2n) is 4.45. The van der Waals surface area contributed by atoms with Crippen molar-refractivity contribution in [2.45, 2.75) is 18.2 Å². The molecule has 2 rings (SSSR count). The van der Waals surface area contributed by atoms with E-state index in [1.54, 1.807) is 11.8 Å². The van der Waals surface area contributed by atoms with E-state index in [4.69, 9.17) is 10.5 Å². The Hall–Kier alpha value is -1.52. The number of ether oxygens (including phenoxy) is 1. The van der Waals surface area contributed by atoms with Crippen LogP contribution in [0.4, 0.5) is 0 Å². The molecule has 1 aromatic heterocycles. The van der Waals surface area contributed by atoms with Crippen molar-refractivity contribution >= 4 is 11.8 Å². The minimum atomic E-state index is 0.589. The van der Waals surface area contributed by atoms with Crippen LogP contribution in [0.3, 0.4) is 0 Å². The van der Waals surface area contributed by atoms with Crippen molar-refractivity contribution in [1.82, 2.24) is 4.98 Å². The van der Waals surface area contributed by atoms with Crippen molar-refractivity contribution in [3.8, 4) is 5.75 Å². The lowest BCUT2D eigenvalue weighted by Crippen LogP contribution is -2.09. The Balaban J connectivity index is 1.84. The van der Waals surface area contributed by atoms with Crippen LogP contribution in [0.25, 0.3) is 0 Å². The van der Waals surface area contributed by atoms with Crippen molar-refractivity contribution in [2.24, 2.45) is 5.73 Å². The Bertz CT molecular complexity index is 531. The molecule has 0 aliphatic rings. The average molecular weight is 288 g/mol. The molecule has 0 spiro atoms. The molecule has 0 unspecified atom stereocenters. The summed E-state index contributed by atoms with van der Waals surface area (Å²) < 4.78 is 5.83. The maximum absolute atomic E-state index is 5.83. The third-order valence-electron chi connectivity index (χ3n) is 2.81. The van der Waals surface area contributed by atoms with Gasteiger partial charge in [-0.3, -0.25) is 4.98 Å². The summed E-state index contributed by atoms with van der Waals surface area (Å²) in [5, 5.41) is 0. The summed E-state index contributed by atoms with van der Waals surface area (Å²) >= 11 is 1.79. The largest absolute Gasteiger partial charge is 0.491 e. The van der Waals surface area contributed by atoms with Gasteiger partial charge in [-0.05, 0) is 37.7 Å². The maximum Gasteiger partial charge on any atom is 0.140 e. The zero-order valence-electron chi connectivity index (χ0n) is 11.7. The quantitative estimate of drug-likeness (QED) is 0.628. The molecule has 0 amide bonds. The first-order valence-electron chi connectivity index (χ1n) is 6.77. The number of nitrogens with zero attached hydrogens (tertiary/aromatic N) is 1. The zero-order chi connectivity index (χ0) is 14.2. The molecule has 0 saturated carbocycles. The second-order valence-corrected chi connectivity index (χ2v) is 5.61. The molecule has 0 atom stereocenters. The number of aromatic nitrogens is 1. The molecule has 0 bridgehead atoms. The summed E-state index contributed by atoms with van der Waals surface area (Å²) in [5.41, 5.74) is 7.57. The highest BCUT2D eigenvalue weighted by atomic mass is 32.2. The van der Waals surface area contributed by atoms with Gasteiger partial charge in [-0.25, -0.2) is 0 Å². The molecule has 106 valence electrons. The van der Waals surface area contributed by atoms with E-state index >= 15 is 0 Å². The van der Waals surface area contributed by atoms with Crippen LogP contribution in [0.15, 0.2) is 47.4 Å². The molecule has 0 aliphatic heterocycles. The van der Waals surface area contributed by atoms with E-state index in [2.05, 4.69) is 17.1 Å². The van der Waals surface area contributed by atoms with Crippen LogP contribution in [0.1, 0.15) is 11.4 Å². The van der Waals surface area contributed by atoms with Gasteiger partial charge in [0.05, 0.1) is 12.3 Å². The van der Waals surface area contributed by atoms with Gasteiger partial charge in [-0.1, -0.05) is 18.2 Å². The fourth-order valence-corrected chi connectivity index (χ4v) is 2.62. The monoisotopic (exact) mass is 288 g/mol. The number of thioether (sulfide) groups is 1. The first-order valence-corrected chi connectivity index (χ1v) is 7.75. The van der Waals surface area contributed by atoms with Gasteiger partial charge in [0.15, 0.2) is 0 Å². The lowest BCUT2D eigenvalue weighted by atomic mass is 10.2. The molecule has 2 aromatic rings. The summed E-state index contributed by atoms with van der Waals surface area (Å²) in [6.07, 6.45) is 0.753. The van der Waals surface area contributed by atoms with E-state index in [9.17, 15) is 0 Å². The molecular formula is C16H20N2OS. The highest BCUT2D eigenvalue weighted by Gasteiger charge is 2.05. The SMILES string of the molecule is Cc1ccc(OCCSc2ccccc2)c(CCN)n1. The topological polar surface area (TPSA) is 48.1 Å². The summed E-state index contributed by atoms with van der Waals surface area (Å²) in [7, 11) is 0. The molecule has 0 saturated heterocycles. The first kappa shape index (κ1) is 14.9. The zero-order valence-corrected chi connectivity index (χ0v) is 12.5. The standard InChI is InChI=1S/C16H20N2OS/c1-13-7-8-16(15(18-13)9-10-17)19-11-12-20-14-5-3-2-4-6-14/h2-8H,9-12,17H2,1H3. The summed E-state index contributed by atoms with van der Waals surface area (Å²) in [6, 6.07) is 14.3. The average Bonchev–Trinajstić information content (AvgIpc) is 2.47. The van der Waals surface area contributed by atoms with Crippen molar-refractivity contribution in [2.75, 3.05) is 18.9 Å². The Labute approximate surface area is 124 Å². The molecule has 0 radical (unpaired) electrons. The minimum Gasteiger partial charge on any atom is -0.491 e. The van der Waals surface area contributed by atoms with Gasteiger partial charge < -0.3 is 10.5 Å². The first-order chi connectivity index (χ1) is 9.79. The van der Waals surface area contributed by atoms with Crippen LogP contribution >= 0.6 is 11.8 Å². The fraction of sp³-hybridized carbons (Fsp3) is 0.312. The molecule has 0 aliphatic carbocycles. The van der Waals surface area contributed by atoms with Gasteiger partial charge in [0, 0.05) is 22.8 Å². The van der Waals surface area contributed by atoms with E-state index < -0.39 is 0 Å². The van der Waals surface area contributed by atoms with E-state index in [-0.39, 0.29) is 0 Å². The molecule has 1 aromatic carbocycles. The van der Waals surface area contributed by atoms with Crippen LogP contribution in [0.5, 0.6) is 5.75 Å². The minimum absolute atomic E-state index is 0.589. The molecule has 4 heteroatoms. The molecule has 3 nitrogen and oxygen atoms in total. The van der Waals surface area contributed by atoms with Gasteiger partial charge in [0.25, 0.3) is 0 Å². The molecule has 0 fully saturated rings.